The van der Waals surface area contributed by atoms with Crippen molar-refractivity contribution in [2.24, 2.45) is 0 Å². The van der Waals surface area contributed by atoms with E-state index in [1.54, 1.807) is 19.1 Å². The summed E-state index contributed by atoms with van der Waals surface area (Å²) < 4.78 is 25.2. The smallest absolute Gasteiger partial charge is 0.303 e. The van der Waals surface area contributed by atoms with E-state index in [-0.39, 0.29) is 4.90 Å². The molecule has 9 heteroatoms. The van der Waals surface area contributed by atoms with Gasteiger partial charge >= 0.3 is 5.97 Å². The van der Waals surface area contributed by atoms with E-state index in [9.17, 15) is 18.0 Å². The van der Waals surface area contributed by atoms with Crippen LogP contribution >= 0.6 is 23.4 Å². The van der Waals surface area contributed by atoms with Gasteiger partial charge in [-0.05, 0) is 42.4 Å². The van der Waals surface area contributed by atoms with Gasteiger partial charge in [0.15, 0.2) is 0 Å². The number of hydrogen-bond donors (Lipinski definition) is 2. The average Bonchev–Trinajstić information content (AvgIpc) is 2.39. The van der Waals surface area contributed by atoms with Gasteiger partial charge in [-0.15, -0.1) is 0 Å². The molecule has 0 unspecified atom stereocenters. The van der Waals surface area contributed by atoms with Crippen molar-refractivity contribution in [1.29, 1.82) is 0 Å². The lowest BCUT2D eigenvalue weighted by Crippen LogP contribution is -2.53. The van der Waals surface area contributed by atoms with Crippen LogP contribution in [0.15, 0.2) is 29.2 Å². The Labute approximate surface area is 132 Å². The van der Waals surface area contributed by atoms with Gasteiger partial charge in [0, 0.05) is 12.8 Å². The molecule has 0 saturated heterocycles. The lowest BCUT2D eigenvalue weighted by molar-refractivity contribution is -0.137. The van der Waals surface area contributed by atoms with E-state index < -0.39 is 38.8 Å². The molecular formula is C12H13Cl2NO5S. The van der Waals surface area contributed by atoms with E-state index in [1.807, 2.05) is 4.84 Å². The van der Waals surface area contributed by atoms with Crippen LogP contribution in [0.5, 0.6) is 0 Å². The Morgan fingerprint density at radius 3 is 2.19 bits per heavy atom. The molecule has 6 nitrogen and oxygen atoms in total. The van der Waals surface area contributed by atoms with Gasteiger partial charge < -0.3 is 5.11 Å². The van der Waals surface area contributed by atoms with Gasteiger partial charge in [-0.2, -0.15) is 0 Å². The quantitative estimate of drug-likeness (QED) is 0.572. The molecule has 0 spiro atoms. The summed E-state index contributed by atoms with van der Waals surface area (Å²) in [5.74, 6) is -1.27. The van der Waals surface area contributed by atoms with Crippen LogP contribution < -0.4 is 4.84 Å². The second-order valence-electron chi connectivity index (χ2n) is 4.41. The molecule has 0 amide bonds. The fraction of sp³-hybridized carbons (Fsp3) is 0.333. The summed E-state index contributed by atoms with van der Waals surface area (Å²) in [6.45, 7) is 1.76. The predicted octanol–water partition coefficient (Wildman–Crippen LogP) is 1.84. The van der Waals surface area contributed by atoms with Gasteiger partial charge in [-0.3, -0.25) is 9.59 Å². The highest BCUT2D eigenvalue weighted by molar-refractivity contribution is 7.93. The molecule has 1 aromatic rings. The Morgan fingerprint density at radius 1 is 1.29 bits per heavy atom. The first-order valence-corrected chi connectivity index (χ1v) is 8.02. The summed E-state index contributed by atoms with van der Waals surface area (Å²) >= 11 is 10.8. The summed E-state index contributed by atoms with van der Waals surface area (Å²) in [6, 6.07) is 5.69. The molecular weight excluding hydrogens is 341 g/mol. The minimum Gasteiger partial charge on any atom is -0.481 e. The molecule has 0 aliphatic carbocycles. The van der Waals surface area contributed by atoms with Crippen LogP contribution in [-0.4, -0.2) is 29.6 Å². The Kier molecular flexibility index (Phi) is 5.75. The van der Waals surface area contributed by atoms with Gasteiger partial charge in [-0.25, -0.2) is 13.3 Å². The van der Waals surface area contributed by atoms with Crippen molar-refractivity contribution in [2.75, 3.05) is 0 Å². The second kappa shape index (κ2) is 6.74. The number of carbonyl (C=O) groups excluding carboxylic acids is 1. The van der Waals surface area contributed by atoms with Gasteiger partial charge in [-0.1, -0.05) is 17.7 Å². The molecule has 1 aromatic carbocycles. The van der Waals surface area contributed by atoms with E-state index >= 15 is 0 Å². The van der Waals surface area contributed by atoms with Crippen LogP contribution in [-0.2, 0) is 19.4 Å². The van der Waals surface area contributed by atoms with E-state index in [0.717, 1.165) is 5.56 Å². The zero-order valence-electron chi connectivity index (χ0n) is 11.0. The molecule has 0 bridgehead atoms. The molecule has 0 fully saturated rings. The predicted molar refractivity (Wildman–Crippen MR) is 77.8 cm³/mol. The molecule has 1 rings (SSSR count). The normalized spacial score (nSPS) is 14.4. The average molecular weight is 354 g/mol. The SMILES string of the molecule is Cc1ccc(S(=O)(=O)[C@@](CCC(=O)O)(NCl)C(=O)Cl)cc1. The van der Waals surface area contributed by atoms with Gasteiger partial charge in [0.2, 0.25) is 14.7 Å². The number of aliphatic carboxylic acids is 1. The highest BCUT2D eigenvalue weighted by Gasteiger charge is 2.50. The van der Waals surface area contributed by atoms with Crippen LogP contribution in [0.25, 0.3) is 0 Å². The van der Waals surface area contributed by atoms with Gasteiger partial charge in [0.25, 0.3) is 5.24 Å². The first kappa shape index (κ1) is 17.9. The Bertz CT molecular complexity index is 644. The number of carboxylic acids is 1. The van der Waals surface area contributed by atoms with E-state index in [1.165, 1.54) is 12.1 Å². The third-order valence-corrected chi connectivity index (χ3v) is 6.12. The molecule has 2 N–H and O–H groups in total. The topological polar surface area (TPSA) is 101 Å². The van der Waals surface area contributed by atoms with Crippen LogP contribution in [0.3, 0.4) is 0 Å². The number of aryl methyl sites for hydroxylation is 1. The summed E-state index contributed by atoms with van der Waals surface area (Å²) in [5.41, 5.74) is 0.820. The number of rotatable bonds is 7. The lowest BCUT2D eigenvalue weighted by atomic mass is 10.2. The van der Waals surface area contributed by atoms with Crippen LogP contribution in [0.4, 0.5) is 0 Å². The number of sulfone groups is 1. The zero-order chi connectivity index (χ0) is 16.3. The summed E-state index contributed by atoms with van der Waals surface area (Å²) in [4.78, 5) is 21.6. The minimum absolute atomic E-state index is 0.180. The fourth-order valence-electron chi connectivity index (χ4n) is 1.68. The molecule has 1 atom stereocenters. The number of benzene rings is 1. The first-order valence-electron chi connectivity index (χ1n) is 5.78. The third-order valence-electron chi connectivity index (χ3n) is 2.95. The number of hydrogen-bond acceptors (Lipinski definition) is 5. The van der Waals surface area contributed by atoms with Crippen molar-refractivity contribution in [2.45, 2.75) is 29.5 Å². The van der Waals surface area contributed by atoms with E-state index in [0.29, 0.717) is 0 Å². The van der Waals surface area contributed by atoms with Gasteiger partial charge in [0.1, 0.15) is 0 Å². The lowest BCUT2D eigenvalue weighted by Gasteiger charge is -2.27. The van der Waals surface area contributed by atoms with Crippen LogP contribution in [0, 0.1) is 6.92 Å². The van der Waals surface area contributed by atoms with Crippen LogP contribution in [0.2, 0.25) is 0 Å². The monoisotopic (exact) mass is 353 g/mol. The Balaban J connectivity index is 3.39. The van der Waals surface area contributed by atoms with Crippen molar-refractivity contribution in [3.8, 4) is 0 Å². The standard InChI is InChI=1S/C12H13Cl2NO5S/c1-8-2-4-9(5-3-8)21(19,20)12(15-14,11(13)18)7-6-10(16)17/h2-5,15H,6-7H2,1H3,(H,16,17)/t12-/m1/s1. The van der Waals surface area contributed by atoms with Crippen molar-refractivity contribution in [3.05, 3.63) is 29.8 Å². The highest BCUT2D eigenvalue weighted by Crippen LogP contribution is 2.31. The highest BCUT2D eigenvalue weighted by atomic mass is 35.5. The molecule has 0 heterocycles. The zero-order valence-corrected chi connectivity index (χ0v) is 13.3. The summed E-state index contributed by atoms with van der Waals surface area (Å²) in [6.07, 6.45) is -1.19. The maximum atomic E-state index is 12.6. The molecule has 0 aliphatic rings. The van der Waals surface area contributed by atoms with E-state index in [2.05, 4.69) is 0 Å². The summed E-state index contributed by atoms with van der Waals surface area (Å²) in [5, 5.41) is 7.41. The molecule has 0 radical (unpaired) electrons. The molecule has 0 aromatic heterocycles. The number of carboxylic acid groups (broad SMARTS) is 1. The third kappa shape index (κ3) is 3.55. The minimum atomic E-state index is -4.31. The summed E-state index contributed by atoms with van der Waals surface area (Å²) in [7, 11) is -4.31. The molecule has 21 heavy (non-hydrogen) atoms. The van der Waals surface area contributed by atoms with Crippen molar-refractivity contribution >= 4 is 44.4 Å². The largest absolute Gasteiger partial charge is 0.481 e. The van der Waals surface area contributed by atoms with Crippen molar-refractivity contribution in [3.63, 3.8) is 0 Å². The van der Waals surface area contributed by atoms with Gasteiger partial charge in [0.05, 0.1) is 4.90 Å². The van der Waals surface area contributed by atoms with Crippen molar-refractivity contribution < 1.29 is 23.1 Å². The molecule has 116 valence electrons. The van der Waals surface area contributed by atoms with Crippen LogP contribution in [0.1, 0.15) is 18.4 Å². The first-order chi connectivity index (χ1) is 9.67. The second-order valence-corrected chi connectivity index (χ2v) is 7.11. The number of carbonyl (C=O) groups is 2. The Hall–Kier alpha value is -1.15. The maximum absolute atomic E-state index is 12.6. The fourth-order valence-corrected chi connectivity index (χ4v) is 4.24. The van der Waals surface area contributed by atoms with Crippen molar-refractivity contribution in [1.82, 2.24) is 4.84 Å². The Morgan fingerprint density at radius 2 is 1.81 bits per heavy atom. The molecule has 0 saturated carbocycles. The number of halogens is 2. The number of nitrogens with one attached hydrogen (secondary N) is 1. The van der Waals surface area contributed by atoms with E-state index in [4.69, 9.17) is 28.5 Å². The molecule has 0 aliphatic heterocycles. The maximum Gasteiger partial charge on any atom is 0.303 e.